The molecule has 0 radical (unpaired) electrons. The van der Waals surface area contributed by atoms with E-state index in [0.29, 0.717) is 17.1 Å². The molecule has 1 aromatic carbocycles. The van der Waals surface area contributed by atoms with E-state index in [2.05, 4.69) is 25.9 Å². The lowest BCUT2D eigenvalue weighted by Crippen LogP contribution is -2.29. The zero-order valence-corrected chi connectivity index (χ0v) is 10.6. The maximum Gasteiger partial charge on any atom is 0.251 e. The third-order valence-corrected chi connectivity index (χ3v) is 2.70. The van der Waals surface area contributed by atoms with Gasteiger partial charge in [0.15, 0.2) is 5.82 Å². The molecule has 2 aromatic rings. The molecule has 7 heteroatoms. The van der Waals surface area contributed by atoms with Gasteiger partial charge in [-0.25, -0.2) is 0 Å². The van der Waals surface area contributed by atoms with Gasteiger partial charge in [0.05, 0.1) is 6.04 Å². The topological polar surface area (TPSA) is 110 Å². The number of amides is 1. The van der Waals surface area contributed by atoms with Gasteiger partial charge in [0.25, 0.3) is 5.91 Å². The number of rotatable bonds is 5. The Morgan fingerprint density at radius 2 is 2.37 bits per heavy atom. The number of carbonyl (C=O) groups excluding carboxylic acids is 1. The molecule has 0 aliphatic rings. The first-order valence-corrected chi connectivity index (χ1v) is 6.10. The molecule has 100 valence electrons. The van der Waals surface area contributed by atoms with E-state index < -0.39 is 0 Å². The molecule has 1 amide bonds. The van der Waals surface area contributed by atoms with Gasteiger partial charge in [0.2, 0.25) is 0 Å². The summed E-state index contributed by atoms with van der Waals surface area (Å²) in [6.07, 6.45) is 1.64. The molecule has 1 unspecified atom stereocenters. The van der Waals surface area contributed by atoms with Crippen LogP contribution in [0.15, 0.2) is 24.3 Å². The molecule has 1 atom stereocenters. The van der Waals surface area contributed by atoms with Crippen LogP contribution >= 0.6 is 0 Å². The zero-order chi connectivity index (χ0) is 13.7. The number of nitrogens with zero attached hydrogens (tertiary/aromatic N) is 3. The van der Waals surface area contributed by atoms with E-state index in [4.69, 9.17) is 5.73 Å². The number of hydrogen-bond acceptors (Lipinski definition) is 5. The van der Waals surface area contributed by atoms with Crippen molar-refractivity contribution in [2.45, 2.75) is 25.8 Å². The first kappa shape index (κ1) is 13.0. The minimum atomic E-state index is -0.252. The van der Waals surface area contributed by atoms with Crippen molar-refractivity contribution in [3.05, 3.63) is 35.7 Å². The van der Waals surface area contributed by atoms with Crippen LogP contribution in [0.1, 0.15) is 42.0 Å². The van der Waals surface area contributed by atoms with Gasteiger partial charge in [0, 0.05) is 11.3 Å². The average Bonchev–Trinajstić information content (AvgIpc) is 2.92. The van der Waals surface area contributed by atoms with E-state index in [-0.39, 0.29) is 11.9 Å². The van der Waals surface area contributed by atoms with Crippen molar-refractivity contribution in [1.29, 1.82) is 0 Å². The fourth-order valence-corrected chi connectivity index (χ4v) is 1.79. The van der Waals surface area contributed by atoms with Crippen molar-refractivity contribution in [1.82, 2.24) is 25.9 Å². The van der Waals surface area contributed by atoms with Gasteiger partial charge in [-0.1, -0.05) is 24.6 Å². The smallest absolute Gasteiger partial charge is 0.251 e. The molecule has 0 spiro atoms. The van der Waals surface area contributed by atoms with E-state index in [0.717, 1.165) is 12.8 Å². The maximum absolute atomic E-state index is 12.1. The monoisotopic (exact) mass is 260 g/mol. The summed E-state index contributed by atoms with van der Waals surface area (Å²) < 4.78 is 0. The van der Waals surface area contributed by atoms with Gasteiger partial charge >= 0.3 is 0 Å². The summed E-state index contributed by atoms with van der Waals surface area (Å²) in [6.45, 7) is 2.03. The number of tetrazole rings is 1. The molecule has 1 heterocycles. The predicted octanol–water partition coefficient (Wildman–Crippen LogP) is 1.05. The molecule has 4 N–H and O–H groups in total. The summed E-state index contributed by atoms with van der Waals surface area (Å²) in [5, 5.41) is 16.6. The van der Waals surface area contributed by atoms with Crippen molar-refractivity contribution in [3.63, 3.8) is 0 Å². The van der Waals surface area contributed by atoms with Crippen LogP contribution in [0.4, 0.5) is 5.69 Å². The van der Waals surface area contributed by atoms with Crippen molar-refractivity contribution >= 4 is 11.6 Å². The average molecular weight is 260 g/mol. The first-order chi connectivity index (χ1) is 9.20. The highest BCUT2D eigenvalue weighted by Gasteiger charge is 2.18. The highest BCUT2D eigenvalue weighted by atomic mass is 16.1. The second-order valence-electron chi connectivity index (χ2n) is 4.21. The van der Waals surface area contributed by atoms with Gasteiger partial charge in [-0.05, 0) is 24.6 Å². The normalized spacial score (nSPS) is 12.1. The molecule has 0 saturated heterocycles. The summed E-state index contributed by atoms with van der Waals surface area (Å²) >= 11 is 0. The van der Waals surface area contributed by atoms with Gasteiger partial charge in [-0.3, -0.25) is 4.79 Å². The third-order valence-electron chi connectivity index (χ3n) is 2.70. The Labute approximate surface area is 110 Å². The second kappa shape index (κ2) is 5.94. The third kappa shape index (κ3) is 3.27. The molecule has 0 aliphatic heterocycles. The lowest BCUT2D eigenvalue weighted by Gasteiger charge is -2.14. The summed E-state index contributed by atoms with van der Waals surface area (Å²) in [5.41, 5.74) is 6.73. The molecular formula is C12H16N6O. The quantitative estimate of drug-likeness (QED) is 0.696. The molecule has 0 saturated carbocycles. The predicted molar refractivity (Wildman–Crippen MR) is 70.1 cm³/mol. The molecule has 19 heavy (non-hydrogen) atoms. The van der Waals surface area contributed by atoms with Crippen LogP contribution in [-0.4, -0.2) is 26.5 Å². The Morgan fingerprint density at radius 1 is 1.53 bits per heavy atom. The van der Waals surface area contributed by atoms with E-state index in [1.165, 1.54) is 0 Å². The molecular weight excluding hydrogens is 244 g/mol. The maximum atomic E-state index is 12.1. The van der Waals surface area contributed by atoms with Gasteiger partial charge in [-0.2, -0.15) is 5.21 Å². The van der Waals surface area contributed by atoms with E-state index in [1.54, 1.807) is 24.3 Å². The number of anilines is 1. The highest BCUT2D eigenvalue weighted by molar-refractivity contribution is 5.95. The molecule has 0 aliphatic carbocycles. The Balaban J connectivity index is 2.11. The minimum absolute atomic E-state index is 0.199. The number of hydrogen-bond donors (Lipinski definition) is 3. The van der Waals surface area contributed by atoms with E-state index >= 15 is 0 Å². The number of carbonyl (C=O) groups is 1. The van der Waals surface area contributed by atoms with Crippen molar-refractivity contribution < 1.29 is 4.79 Å². The number of H-pyrrole nitrogens is 1. The van der Waals surface area contributed by atoms with Crippen LogP contribution in [0, 0.1) is 0 Å². The molecule has 1 aromatic heterocycles. The van der Waals surface area contributed by atoms with Crippen molar-refractivity contribution in [2.75, 3.05) is 5.73 Å². The molecule has 2 rings (SSSR count). The summed E-state index contributed by atoms with van der Waals surface area (Å²) in [4.78, 5) is 12.1. The number of aromatic amines is 1. The number of nitrogen functional groups attached to an aromatic ring is 1. The van der Waals surface area contributed by atoms with Gasteiger partial charge < -0.3 is 11.1 Å². The fraction of sp³-hybridized carbons (Fsp3) is 0.333. The Morgan fingerprint density at radius 3 is 3.00 bits per heavy atom. The summed E-state index contributed by atoms with van der Waals surface area (Å²) in [5.74, 6) is 0.287. The van der Waals surface area contributed by atoms with Crippen molar-refractivity contribution in [2.24, 2.45) is 0 Å². The van der Waals surface area contributed by atoms with E-state index in [9.17, 15) is 4.79 Å². The standard InChI is InChI=1S/C12H16N6O/c1-2-4-10(11-15-17-18-16-11)14-12(19)8-5-3-6-9(13)7-8/h3,5-7,10H,2,4,13H2,1H3,(H,14,19)(H,15,16,17,18). The van der Waals surface area contributed by atoms with Crippen LogP contribution in [0.25, 0.3) is 0 Å². The summed E-state index contributed by atoms with van der Waals surface area (Å²) in [6, 6.07) is 6.57. The number of benzene rings is 1. The Kier molecular flexibility index (Phi) is 4.07. The lowest BCUT2D eigenvalue weighted by molar-refractivity contribution is 0.0932. The summed E-state index contributed by atoms with van der Waals surface area (Å²) in [7, 11) is 0. The van der Waals surface area contributed by atoms with Gasteiger partial charge in [-0.15, -0.1) is 10.2 Å². The number of nitrogens with two attached hydrogens (primary N) is 1. The zero-order valence-electron chi connectivity index (χ0n) is 10.6. The number of nitrogens with one attached hydrogen (secondary N) is 2. The highest BCUT2D eigenvalue weighted by Crippen LogP contribution is 2.15. The van der Waals surface area contributed by atoms with Gasteiger partial charge in [0.1, 0.15) is 0 Å². The fourth-order valence-electron chi connectivity index (χ4n) is 1.79. The Bertz CT molecular complexity index is 539. The molecule has 0 bridgehead atoms. The van der Waals surface area contributed by atoms with Crippen LogP contribution in [0.5, 0.6) is 0 Å². The second-order valence-corrected chi connectivity index (χ2v) is 4.21. The van der Waals surface area contributed by atoms with Crippen LogP contribution < -0.4 is 11.1 Å². The molecule has 0 fully saturated rings. The Hall–Kier alpha value is -2.44. The molecule has 7 nitrogen and oxygen atoms in total. The largest absolute Gasteiger partial charge is 0.399 e. The van der Waals surface area contributed by atoms with Crippen LogP contribution in [0.2, 0.25) is 0 Å². The van der Waals surface area contributed by atoms with E-state index in [1.807, 2.05) is 6.92 Å². The number of aromatic nitrogens is 4. The van der Waals surface area contributed by atoms with Crippen molar-refractivity contribution in [3.8, 4) is 0 Å². The lowest BCUT2D eigenvalue weighted by atomic mass is 10.1. The minimum Gasteiger partial charge on any atom is -0.399 e. The van der Waals surface area contributed by atoms with Crippen LogP contribution in [-0.2, 0) is 0 Å². The van der Waals surface area contributed by atoms with Crippen LogP contribution in [0.3, 0.4) is 0 Å². The SMILES string of the molecule is CCCC(NC(=O)c1cccc(N)c1)c1nn[nH]n1. The first-order valence-electron chi connectivity index (χ1n) is 6.10.